The molecule has 0 N–H and O–H groups in total. The van der Waals surface area contributed by atoms with E-state index in [-0.39, 0.29) is 17.9 Å². The predicted molar refractivity (Wildman–Crippen MR) is 69.2 cm³/mol. The smallest absolute Gasteiger partial charge is 0.277 e. The van der Waals surface area contributed by atoms with Gasteiger partial charge in [0.15, 0.2) is 0 Å². The minimum absolute atomic E-state index is 0.0983. The third-order valence-corrected chi connectivity index (χ3v) is 4.23. The van der Waals surface area contributed by atoms with E-state index >= 15 is 0 Å². The van der Waals surface area contributed by atoms with E-state index in [1.54, 1.807) is 0 Å². The maximum absolute atomic E-state index is 12.5. The molecule has 0 atom stereocenters. The van der Waals surface area contributed by atoms with Crippen LogP contribution in [-0.4, -0.2) is 54.0 Å². The number of rotatable bonds is 2. The van der Waals surface area contributed by atoms with Crippen LogP contribution < -0.4 is 0 Å². The fraction of sp³-hybridized carbons (Fsp3) is 0.714. The van der Waals surface area contributed by atoms with Crippen LogP contribution in [0.15, 0.2) is 11.8 Å². The number of nitrogens with zero attached hydrogens (tertiary/aromatic N) is 2. The summed E-state index contributed by atoms with van der Waals surface area (Å²) >= 11 is 0. The van der Waals surface area contributed by atoms with E-state index in [4.69, 9.17) is 4.74 Å². The standard InChI is InChI=1S/C14H20N2O3/c17-13-10-12(15-6-8-19-9-7-15)14(18)16(13)11-4-2-1-3-5-11/h10-11H,1-9H2. The highest BCUT2D eigenvalue weighted by Gasteiger charge is 2.39. The molecule has 1 saturated heterocycles. The van der Waals surface area contributed by atoms with Crippen molar-refractivity contribution in [2.24, 2.45) is 0 Å². The fourth-order valence-electron chi connectivity index (χ4n) is 3.19. The molecule has 2 aliphatic heterocycles. The minimum atomic E-state index is -0.126. The van der Waals surface area contributed by atoms with Crippen LogP contribution >= 0.6 is 0 Å². The molecule has 0 bridgehead atoms. The summed E-state index contributed by atoms with van der Waals surface area (Å²) in [5, 5.41) is 0. The molecule has 1 aliphatic carbocycles. The largest absolute Gasteiger partial charge is 0.378 e. The monoisotopic (exact) mass is 264 g/mol. The lowest BCUT2D eigenvalue weighted by atomic mass is 9.94. The Bertz CT molecular complexity index is 407. The minimum Gasteiger partial charge on any atom is -0.378 e. The topological polar surface area (TPSA) is 49.9 Å². The van der Waals surface area contributed by atoms with Gasteiger partial charge >= 0.3 is 0 Å². The molecular formula is C14H20N2O3. The average molecular weight is 264 g/mol. The molecule has 0 aromatic heterocycles. The summed E-state index contributed by atoms with van der Waals surface area (Å²) in [6, 6.07) is 0.114. The average Bonchev–Trinajstić information content (AvgIpc) is 2.76. The van der Waals surface area contributed by atoms with Crippen LogP contribution in [0.3, 0.4) is 0 Å². The first-order valence-electron chi connectivity index (χ1n) is 7.19. The Morgan fingerprint density at radius 2 is 1.74 bits per heavy atom. The first kappa shape index (κ1) is 12.7. The van der Waals surface area contributed by atoms with Crippen molar-refractivity contribution < 1.29 is 14.3 Å². The van der Waals surface area contributed by atoms with E-state index in [2.05, 4.69) is 0 Å². The second-order valence-corrected chi connectivity index (χ2v) is 5.43. The highest BCUT2D eigenvalue weighted by Crippen LogP contribution is 2.28. The zero-order valence-electron chi connectivity index (χ0n) is 11.1. The number of hydrogen-bond donors (Lipinski definition) is 0. The van der Waals surface area contributed by atoms with Crippen molar-refractivity contribution in [1.82, 2.24) is 9.80 Å². The molecule has 0 spiro atoms. The molecule has 5 nitrogen and oxygen atoms in total. The van der Waals surface area contributed by atoms with E-state index in [0.29, 0.717) is 32.0 Å². The molecule has 2 fully saturated rings. The fourth-order valence-corrected chi connectivity index (χ4v) is 3.19. The Hall–Kier alpha value is -1.36. The summed E-state index contributed by atoms with van der Waals surface area (Å²) in [6.45, 7) is 2.65. The van der Waals surface area contributed by atoms with Gasteiger partial charge in [0, 0.05) is 25.2 Å². The number of morpholine rings is 1. The Balaban J connectivity index is 1.72. The van der Waals surface area contributed by atoms with Gasteiger partial charge in [0.25, 0.3) is 11.8 Å². The molecular weight excluding hydrogens is 244 g/mol. The molecule has 2 amide bonds. The Morgan fingerprint density at radius 3 is 2.42 bits per heavy atom. The van der Waals surface area contributed by atoms with Gasteiger partial charge in [0.1, 0.15) is 5.70 Å². The molecule has 3 rings (SSSR count). The third kappa shape index (κ3) is 2.39. The first-order valence-corrected chi connectivity index (χ1v) is 7.19. The van der Waals surface area contributed by atoms with Crippen molar-refractivity contribution in [1.29, 1.82) is 0 Å². The van der Waals surface area contributed by atoms with E-state index in [1.807, 2.05) is 4.90 Å². The second-order valence-electron chi connectivity index (χ2n) is 5.43. The predicted octanol–water partition coefficient (Wildman–Crippen LogP) is 0.904. The van der Waals surface area contributed by atoms with Crippen molar-refractivity contribution >= 4 is 11.8 Å². The lowest BCUT2D eigenvalue weighted by Crippen LogP contribution is -2.44. The normalized spacial score (nSPS) is 26.0. The molecule has 1 saturated carbocycles. The van der Waals surface area contributed by atoms with E-state index in [0.717, 1.165) is 25.7 Å². The summed E-state index contributed by atoms with van der Waals surface area (Å²) in [6.07, 6.45) is 6.89. The van der Waals surface area contributed by atoms with Gasteiger partial charge in [-0.05, 0) is 12.8 Å². The number of amides is 2. The van der Waals surface area contributed by atoms with Gasteiger partial charge in [0.2, 0.25) is 0 Å². The van der Waals surface area contributed by atoms with Gasteiger partial charge in [-0.2, -0.15) is 0 Å². The van der Waals surface area contributed by atoms with Crippen LogP contribution in [0.1, 0.15) is 32.1 Å². The number of carbonyl (C=O) groups excluding carboxylic acids is 2. The van der Waals surface area contributed by atoms with Crippen LogP contribution in [0.25, 0.3) is 0 Å². The zero-order chi connectivity index (χ0) is 13.2. The van der Waals surface area contributed by atoms with Gasteiger partial charge in [-0.25, -0.2) is 0 Å². The lowest BCUT2D eigenvalue weighted by Gasteiger charge is -2.32. The zero-order valence-corrected chi connectivity index (χ0v) is 11.1. The lowest BCUT2D eigenvalue weighted by molar-refractivity contribution is -0.141. The Morgan fingerprint density at radius 1 is 1.05 bits per heavy atom. The molecule has 0 aromatic carbocycles. The summed E-state index contributed by atoms with van der Waals surface area (Å²) in [7, 11) is 0. The molecule has 5 heteroatoms. The number of hydrogen-bond acceptors (Lipinski definition) is 4. The molecule has 104 valence electrons. The summed E-state index contributed by atoms with van der Waals surface area (Å²) in [4.78, 5) is 28.0. The number of imide groups is 1. The summed E-state index contributed by atoms with van der Waals surface area (Å²) in [5.41, 5.74) is 0.568. The van der Waals surface area contributed by atoms with Crippen LogP contribution in [0.2, 0.25) is 0 Å². The quantitative estimate of drug-likeness (QED) is 0.695. The maximum atomic E-state index is 12.5. The Kier molecular flexibility index (Phi) is 3.55. The number of ether oxygens (including phenoxy) is 1. The molecule has 0 radical (unpaired) electrons. The highest BCUT2D eigenvalue weighted by molar-refractivity contribution is 6.16. The van der Waals surface area contributed by atoms with Gasteiger partial charge < -0.3 is 9.64 Å². The third-order valence-electron chi connectivity index (χ3n) is 4.23. The molecule has 19 heavy (non-hydrogen) atoms. The molecule has 3 aliphatic rings. The van der Waals surface area contributed by atoms with E-state index in [1.165, 1.54) is 17.4 Å². The molecule has 0 unspecified atom stereocenters. The van der Waals surface area contributed by atoms with E-state index in [9.17, 15) is 9.59 Å². The molecule has 0 aromatic rings. The second kappa shape index (κ2) is 5.33. The van der Waals surface area contributed by atoms with Crippen LogP contribution in [-0.2, 0) is 14.3 Å². The van der Waals surface area contributed by atoms with Crippen molar-refractivity contribution in [2.75, 3.05) is 26.3 Å². The van der Waals surface area contributed by atoms with Crippen LogP contribution in [0.4, 0.5) is 0 Å². The Labute approximate surface area is 113 Å². The van der Waals surface area contributed by atoms with Crippen LogP contribution in [0.5, 0.6) is 0 Å². The number of carbonyl (C=O) groups is 2. The van der Waals surface area contributed by atoms with Gasteiger partial charge in [-0.1, -0.05) is 19.3 Å². The van der Waals surface area contributed by atoms with E-state index < -0.39 is 0 Å². The van der Waals surface area contributed by atoms with Gasteiger partial charge in [0.05, 0.1) is 13.2 Å². The highest BCUT2D eigenvalue weighted by atomic mass is 16.5. The summed E-state index contributed by atoms with van der Waals surface area (Å²) in [5.74, 6) is -0.225. The van der Waals surface area contributed by atoms with Gasteiger partial charge in [-0.15, -0.1) is 0 Å². The van der Waals surface area contributed by atoms with Gasteiger partial charge in [-0.3, -0.25) is 14.5 Å². The first-order chi connectivity index (χ1) is 9.27. The van der Waals surface area contributed by atoms with Crippen molar-refractivity contribution in [3.63, 3.8) is 0 Å². The van der Waals surface area contributed by atoms with Crippen molar-refractivity contribution in [2.45, 2.75) is 38.1 Å². The van der Waals surface area contributed by atoms with Crippen molar-refractivity contribution in [3.05, 3.63) is 11.8 Å². The van der Waals surface area contributed by atoms with Crippen LogP contribution in [0, 0.1) is 0 Å². The SMILES string of the molecule is O=C1C=C(N2CCOCC2)C(=O)N1C1CCCCC1. The van der Waals surface area contributed by atoms with Crippen molar-refractivity contribution in [3.8, 4) is 0 Å². The summed E-state index contributed by atoms with van der Waals surface area (Å²) < 4.78 is 5.29. The molecule has 2 heterocycles. The maximum Gasteiger partial charge on any atom is 0.277 e.